The minimum absolute atomic E-state index is 0.0891. The van der Waals surface area contributed by atoms with Crippen LogP contribution < -0.4 is 20.1 Å². The Bertz CT molecular complexity index is 445. The highest BCUT2D eigenvalue weighted by Crippen LogP contribution is 2.29. The van der Waals surface area contributed by atoms with Crippen LogP contribution in [0.5, 0.6) is 11.5 Å². The second-order valence-electron chi connectivity index (χ2n) is 4.24. The van der Waals surface area contributed by atoms with Crippen LogP contribution in [0.4, 0.5) is 10.5 Å². The number of ether oxygens (including phenoxy) is 2. The molecule has 1 aromatic rings. The number of rotatable bonds is 3. The van der Waals surface area contributed by atoms with Crippen LogP contribution >= 0.6 is 0 Å². The van der Waals surface area contributed by atoms with Crippen molar-refractivity contribution in [1.29, 1.82) is 0 Å². The average Bonchev–Trinajstić information content (AvgIpc) is 2.48. The van der Waals surface area contributed by atoms with Gasteiger partial charge in [-0.3, -0.25) is 0 Å². The van der Waals surface area contributed by atoms with Crippen LogP contribution in [-0.2, 0) is 0 Å². The van der Waals surface area contributed by atoms with Crippen LogP contribution in [0.25, 0.3) is 0 Å². The first-order chi connectivity index (χ1) is 9.24. The molecule has 0 spiro atoms. The van der Waals surface area contributed by atoms with Gasteiger partial charge in [0.05, 0.1) is 14.2 Å². The van der Waals surface area contributed by atoms with Crippen molar-refractivity contribution < 1.29 is 14.3 Å². The molecule has 0 aliphatic carbocycles. The van der Waals surface area contributed by atoms with Crippen molar-refractivity contribution in [2.24, 2.45) is 0 Å². The molecule has 1 aromatic carbocycles. The summed E-state index contributed by atoms with van der Waals surface area (Å²) in [5.41, 5.74) is 0.696. The van der Waals surface area contributed by atoms with Crippen LogP contribution in [0.3, 0.4) is 0 Å². The van der Waals surface area contributed by atoms with E-state index in [1.54, 1.807) is 37.3 Å². The molecule has 0 aromatic heterocycles. The maximum atomic E-state index is 12.0. The number of urea groups is 1. The van der Waals surface area contributed by atoms with Crippen LogP contribution in [0, 0.1) is 0 Å². The fourth-order valence-corrected chi connectivity index (χ4v) is 1.98. The molecule has 104 valence electrons. The third kappa shape index (κ3) is 3.29. The average molecular weight is 265 g/mol. The minimum Gasteiger partial charge on any atom is -0.493 e. The lowest BCUT2D eigenvalue weighted by atomic mass is 10.2. The van der Waals surface area contributed by atoms with Crippen molar-refractivity contribution in [3.63, 3.8) is 0 Å². The maximum absolute atomic E-state index is 12.0. The van der Waals surface area contributed by atoms with E-state index in [1.807, 2.05) is 0 Å². The molecular weight excluding hydrogens is 246 g/mol. The van der Waals surface area contributed by atoms with Crippen LogP contribution in [0.1, 0.15) is 0 Å². The molecule has 1 fully saturated rings. The number of anilines is 1. The van der Waals surface area contributed by atoms with Gasteiger partial charge in [0.15, 0.2) is 11.5 Å². The molecule has 1 saturated heterocycles. The highest BCUT2D eigenvalue weighted by molar-refractivity contribution is 5.89. The number of methoxy groups -OCH3 is 2. The van der Waals surface area contributed by atoms with Gasteiger partial charge in [0, 0.05) is 37.9 Å². The van der Waals surface area contributed by atoms with Gasteiger partial charge in [-0.2, -0.15) is 0 Å². The molecule has 1 aliphatic rings. The Hall–Kier alpha value is -1.95. The van der Waals surface area contributed by atoms with Crippen molar-refractivity contribution in [2.75, 3.05) is 45.7 Å². The quantitative estimate of drug-likeness (QED) is 0.860. The monoisotopic (exact) mass is 265 g/mol. The Balaban J connectivity index is 2.03. The third-order valence-corrected chi connectivity index (χ3v) is 3.04. The lowest BCUT2D eigenvalue weighted by molar-refractivity contribution is 0.204. The fraction of sp³-hybridized carbons (Fsp3) is 0.462. The summed E-state index contributed by atoms with van der Waals surface area (Å²) in [5.74, 6) is 1.24. The number of amides is 2. The first-order valence-corrected chi connectivity index (χ1v) is 6.23. The van der Waals surface area contributed by atoms with Gasteiger partial charge < -0.3 is 25.0 Å². The fourth-order valence-electron chi connectivity index (χ4n) is 1.98. The molecule has 2 rings (SSSR count). The summed E-state index contributed by atoms with van der Waals surface area (Å²) < 4.78 is 10.4. The van der Waals surface area contributed by atoms with E-state index in [-0.39, 0.29) is 6.03 Å². The molecule has 2 N–H and O–H groups in total. The standard InChI is InChI=1S/C13H19N3O3/c1-18-11-4-3-10(9-12(11)19-2)15-13(17)16-7-5-14-6-8-16/h3-4,9,14H,5-8H2,1-2H3,(H,15,17). The first kappa shape index (κ1) is 13.5. The SMILES string of the molecule is COc1ccc(NC(=O)N2CCNCC2)cc1OC. The summed E-state index contributed by atoms with van der Waals surface area (Å²) in [6, 6.07) is 5.22. The summed E-state index contributed by atoms with van der Waals surface area (Å²) in [6.07, 6.45) is 0. The Morgan fingerprint density at radius 3 is 2.53 bits per heavy atom. The molecule has 1 aliphatic heterocycles. The zero-order valence-electron chi connectivity index (χ0n) is 11.2. The summed E-state index contributed by atoms with van der Waals surface area (Å²) in [4.78, 5) is 13.8. The molecule has 6 heteroatoms. The largest absolute Gasteiger partial charge is 0.493 e. The molecule has 6 nitrogen and oxygen atoms in total. The molecular formula is C13H19N3O3. The zero-order chi connectivity index (χ0) is 13.7. The van der Waals surface area contributed by atoms with E-state index < -0.39 is 0 Å². The molecule has 0 saturated carbocycles. The number of carbonyl (C=O) groups is 1. The molecule has 0 bridgehead atoms. The van der Waals surface area contributed by atoms with Crippen molar-refractivity contribution in [2.45, 2.75) is 0 Å². The van der Waals surface area contributed by atoms with Gasteiger partial charge in [-0.1, -0.05) is 0 Å². The van der Waals surface area contributed by atoms with Gasteiger partial charge in [-0.05, 0) is 12.1 Å². The number of hydrogen-bond acceptors (Lipinski definition) is 4. The molecule has 0 radical (unpaired) electrons. The predicted molar refractivity (Wildman–Crippen MR) is 73.0 cm³/mol. The van der Waals surface area contributed by atoms with E-state index in [0.717, 1.165) is 26.2 Å². The van der Waals surface area contributed by atoms with Gasteiger partial charge >= 0.3 is 6.03 Å². The number of nitrogens with one attached hydrogen (secondary N) is 2. The number of benzene rings is 1. The number of hydrogen-bond donors (Lipinski definition) is 2. The zero-order valence-corrected chi connectivity index (χ0v) is 11.2. The molecule has 1 heterocycles. The third-order valence-electron chi connectivity index (χ3n) is 3.04. The lowest BCUT2D eigenvalue weighted by Crippen LogP contribution is -2.48. The molecule has 0 atom stereocenters. The predicted octanol–water partition coefficient (Wildman–Crippen LogP) is 1.14. The molecule has 19 heavy (non-hydrogen) atoms. The second kappa shape index (κ2) is 6.29. The number of nitrogens with zero attached hydrogens (tertiary/aromatic N) is 1. The topological polar surface area (TPSA) is 62.8 Å². The Labute approximate surface area is 112 Å². The summed E-state index contributed by atoms with van der Waals surface area (Å²) >= 11 is 0. The maximum Gasteiger partial charge on any atom is 0.321 e. The van der Waals surface area contributed by atoms with Crippen LogP contribution in [-0.4, -0.2) is 51.3 Å². The van der Waals surface area contributed by atoms with Crippen molar-refractivity contribution >= 4 is 11.7 Å². The summed E-state index contributed by atoms with van der Waals surface area (Å²) in [6.45, 7) is 3.11. The summed E-state index contributed by atoms with van der Waals surface area (Å²) in [5, 5.41) is 6.07. The van der Waals surface area contributed by atoms with E-state index in [0.29, 0.717) is 17.2 Å². The van der Waals surface area contributed by atoms with Crippen LogP contribution in [0.15, 0.2) is 18.2 Å². The smallest absolute Gasteiger partial charge is 0.321 e. The van der Waals surface area contributed by atoms with Crippen molar-refractivity contribution in [3.8, 4) is 11.5 Å². The lowest BCUT2D eigenvalue weighted by Gasteiger charge is -2.27. The van der Waals surface area contributed by atoms with Crippen molar-refractivity contribution in [3.05, 3.63) is 18.2 Å². The van der Waals surface area contributed by atoms with Gasteiger partial charge in [-0.15, -0.1) is 0 Å². The van der Waals surface area contributed by atoms with E-state index in [2.05, 4.69) is 10.6 Å². The van der Waals surface area contributed by atoms with E-state index in [4.69, 9.17) is 9.47 Å². The molecule has 0 unspecified atom stereocenters. The van der Waals surface area contributed by atoms with Gasteiger partial charge in [0.2, 0.25) is 0 Å². The Morgan fingerprint density at radius 1 is 1.21 bits per heavy atom. The Kier molecular flexibility index (Phi) is 4.46. The van der Waals surface area contributed by atoms with Gasteiger partial charge in [-0.25, -0.2) is 4.79 Å². The molecule has 2 amide bonds. The van der Waals surface area contributed by atoms with Gasteiger partial charge in [0.25, 0.3) is 0 Å². The first-order valence-electron chi connectivity index (χ1n) is 6.23. The number of carbonyl (C=O) groups excluding carboxylic acids is 1. The summed E-state index contributed by atoms with van der Waals surface area (Å²) in [7, 11) is 3.15. The van der Waals surface area contributed by atoms with Crippen LogP contribution in [0.2, 0.25) is 0 Å². The van der Waals surface area contributed by atoms with E-state index in [1.165, 1.54) is 0 Å². The number of piperazine rings is 1. The second-order valence-corrected chi connectivity index (χ2v) is 4.24. The normalized spacial score (nSPS) is 14.9. The minimum atomic E-state index is -0.0891. The van der Waals surface area contributed by atoms with Gasteiger partial charge in [0.1, 0.15) is 0 Å². The van der Waals surface area contributed by atoms with E-state index in [9.17, 15) is 4.79 Å². The van der Waals surface area contributed by atoms with Crippen molar-refractivity contribution in [1.82, 2.24) is 10.2 Å². The van der Waals surface area contributed by atoms with E-state index >= 15 is 0 Å². The highest BCUT2D eigenvalue weighted by Gasteiger charge is 2.16. The highest BCUT2D eigenvalue weighted by atomic mass is 16.5. The Morgan fingerprint density at radius 2 is 1.89 bits per heavy atom.